The summed E-state index contributed by atoms with van der Waals surface area (Å²) in [6.45, 7) is 5.40. The highest BCUT2D eigenvalue weighted by Crippen LogP contribution is 2.18. The molecule has 126 valence electrons. The molecule has 5 heteroatoms. The second-order valence-corrected chi connectivity index (χ2v) is 5.92. The highest BCUT2D eigenvalue weighted by atomic mass is 16.5. The molecule has 0 radical (unpaired) electrons. The maximum absolute atomic E-state index is 12.5. The summed E-state index contributed by atoms with van der Waals surface area (Å²) >= 11 is 0. The molecule has 5 nitrogen and oxygen atoms in total. The van der Waals surface area contributed by atoms with Crippen LogP contribution < -0.4 is 5.32 Å². The van der Waals surface area contributed by atoms with Crippen molar-refractivity contribution in [2.75, 3.05) is 20.3 Å². The predicted molar refractivity (Wildman–Crippen MR) is 91.6 cm³/mol. The molecule has 1 heterocycles. The molecule has 0 fully saturated rings. The Morgan fingerprint density at radius 1 is 1.39 bits per heavy atom. The van der Waals surface area contributed by atoms with Crippen LogP contribution in [0.15, 0.2) is 30.5 Å². The van der Waals surface area contributed by atoms with Crippen molar-refractivity contribution in [2.45, 2.75) is 32.9 Å². The normalized spacial score (nSPS) is 13.9. The molecule has 0 unspecified atom stereocenters. The SMILES string of the molecule is CC[C@@H](C)[C@H](CO)NC(=O)c1ccc2ccn(CCOC)c2c1. The van der Waals surface area contributed by atoms with Crippen LogP contribution in [0.1, 0.15) is 30.6 Å². The molecule has 2 atom stereocenters. The second kappa shape index (κ2) is 8.13. The van der Waals surface area contributed by atoms with Crippen molar-refractivity contribution in [3.8, 4) is 0 Å². The fraction of sp³-hybridized carbons (Fsp3) is 0.500. The molecule has 1 aromatic carbocycles. The number of methoxy groups -OCH3 is 1. The van der Waals surface area contributed by atoms with Crippen molar-refractivity contribution in [1.29, 1.82) is 0 Å². The lowest BCUT2D eigenvalue weighted by molar-refractivity contribution is 0.0891. The van der Waals surface area contributed by atoms with Gasteiger partial charge in [0.1, 0.15) is 0 Å². The number of amides is 1. The molecule has 23 heavy (non-hydrogen) atoms. The van der Waals surface area contributed by atoms with Gasteiger partial charge < -0.3 is 19.7 Å². The van der Waals surface area contributed by atoms with E-state index >= 15 is 0 Å². The van der Waals surface area contributed by atoms with Crippen LogP contribution in [0.5, 0.6) is 0 Å². The number of aromatic nitrogens is 1. The van der Waals surface area contributed by atoms with Crippen LogP contribution >= 0.6 is 0 Å². The van der Waals surface area contributed by atoms with E-state index in [4.69, 9.17) is 4.74 Å². The van der Waals surface area contributed by atoms with Gasteiger partial charge in [-0.15, -0.1) is 0 Å². The number of carbonyl (C=O) groups is 1. The van der Waals surface area contributed by atoms with E-state index in [2.05, 4.69) is 9.88 Å². The molecule has 0 aliphatic heterocycles. The molecule has 0 aliphatic carbocycles. The van der Waals surface area contributed by atoms with Gasteiger partial charge in [-0.2, -0.15) is 0 Å². The number of aliphatic hydroxyl groups excluding tert-OH is 1. The molecule has 0 saturated heterocycles. The van der Waals surface area contributed by atoms with Crippen molar-refractivity contribution >= 4 is 16.8 Å². The fourth-order valence-corrected chi connectivity index (χ4v) is 2.61. The first-order valence-corrected chi connectivity index (χ1v) is 8.10. The van der Waals surface area contributed by atoms with Crippen LogP contribution in [0.3, 0.4) is 0 Å². The zero-order valence-electron chi connectivity index (χ0n) is 14.1. The number of rotatable bonds is 8. The lowest BCUT2D eigenvalue weighted by atomic mass is 9.99. The van der Waals surface area contributed by atoms with Crippen LogP contribution in [0.25, 0.3) is 10.9 Å². The maximum Gasteiger partial charge on any atom is 0.251 e. The quantitative estimate of drug-likeness (QED) is 0.786. The Balaban J connectivity index is 2.20. The van der Waals surface area contributed by atoms with E-state index in [0.29, 0.717) is 12.2 Å². The number of aliphatic hydroxyl groups is 1. The van der Waals surface area contributed by atoms with Gasteiger partial charge >= 0.3 is 0 Å². The van der Waals surface area contributed by atoms with Crippen molar-refractivity contribution in [1.82, 2.24) is 9.88 Å². The summed E-state index contributed by atoms with van der Waals surface area (Å²) < 4.78 is 7.20. The van der Waals surface area contributed by atoms with E-state index in [1.807, 2.05) is 44.3 Å². The lowest BCUT2D eigenvalue weighted by Gasteiger charge is -2.22. The summed E-state index contributed by atoms with van der Waals surface area (Å²) in [5, 5.41) is 13.5. The monoisotopic (exact) mass is 318 g/mol. The first-order chi connectivity index (χ1) is 11.1. The zero-order chi connectivity index (χ0) is 16.8. The zero-order valence-corrected chi connectivity index (χ0v) is 14.1. The van der Waals surface area contributed by atoms with E-state index in [0.717, 1.165) is 23.9 Å². The Morgan fingerprint density at radius 2 is 2.17 bits per heavy atom. The second-order valence-electron chi connectivity index (χ2n) is 5.92. The Morgan fingerprint density at radius 3 is 2.83 bits per heavy atom. The number of carbonyl (C=O) groups excluding carboxylic acids is 1. The number of hydrogen-bond donors (Lipinski definition) is 2. The number of nitrogens with zero attached hydrogens (tertiary/aromatic N) is 1. The summed E-state index contributed by atoms with van der Waals surface area (Å²) in [5.41, 5.74) is 1.62. The number of fused-ring (bicyclic) bond motifs is 1. The highest BCUT2D eigenvalue weighted by molar-refractivity contribution is 5.98. The fourth-order valence-electron chi connectivity index (χ4n) is 2.61. The number of hydrogen-bond acceptors (Lipinski definition) is 3. The lowest BCUT2D eigenvalue weighted by Crippen LogP contribution is -2.41. The molecule has 1 amide bonds. The summed E-state index contributed by atoms with van der Waals surface area (Å²) in [4.78, 5) is 12.5. The average Bonchev–Trinajstić information content (AvgIpc) is 2.99. The third-order valence-corrected chi connectivity index (χ3v) is 4.42. The summed E-state index contributed by atoms with van der Waals surface area (Å²) in [6.07, 6.45) is 2.91. The van der Waals surface area contributed by atoms with Crippen LogP contribution in [-0.4, -0.2) is 41.9 Å². The van der Waals surface area contributed by atoms with Crippen molar-refractivity contribution < 1.29 is 14.6 Å². The van der Waals surface area contributed by atoms with Gasteiger partial charge in [-0.3, -0.25) is 4.79 Å². The molecule has 0 bridgehead atoms. The molecule has 1 aromatic heterocycles. The first kappa shape index (κ1) is 17.5. The highest BCUT2D eigenvalue weighted by Gasteiger charge is 2.18. The molecular weight excluding hydrogens is 292 g/mol. The van der Waals surface area contributed by atoms with Crippen molar-refractivity contribution in [2.24, 2.45) is 5.92 Å². The van der Waals surface area contributed by atoms with Gasteiger partial charge in [0, 0.05) is 30.9 Å². The van der Waals surface area contributed by atoms with E-state index in [1.165, 1.54) is 0 Å². The summed E-state index contributed by atoms with van der Waals surface area (Å²) in [5.74, 6) is 0.0870. The largest absolute Gasteiger partial charge is 0.394 e. The predicted octanol–water partition coefficient (Wildman–Crippen LogP) is 2.42. The van der Waals surface area contributed by atoms with Crippen LogP contribution in [0.2, 0.25) is 0 Å². The standard InChI is InChI=1S/C18H26N2O3/c1-4-13(2)16(12-21)19-18(22)15-6-5-14-7-8-20(9-10-23-3)17(14)11-15/h5-8,11,13,16,21H,4,9-10,12H2,1-3H3,(H,19,22)/t13-,16+/m1/s1. The number of nitrogens with one attached hydrogen (secondary N) is 1. The molecule has 0 saturated carbocycles. The van der Waals surface area contributed by atoms with E-state index in [9.17, 15) is 9.90 Å². The van der Waals surface area contributed by atoms with Crippen LogP contribution in [0.4, 0.5) is 0 Å². The van der Waals surface area contributed by atoms with Gasteiger partial charge in [0.15, 0.2) is 0 Å². The number of benzene rings is 1. The Kier molecular flexibility index (Phi) is 6.19. The minimum atomic E-state index is -0.219. The van der Waals surface area contributed by atoms with Crippen molar-refractivity contribution in [3.63, 3.8) is 0 Å². The van der Waals surface area contributed by atoms with Crippen LogP contribution in [0, 0.1) is 5.92 Å². The van der Waals surface area contributed by atoms with Gasteiger partial charge in [-0.1, -0.05) is 26.3 Å². The molecular formula is C18H26N2O3. The summed E-state index contributed by atoms with van der Waals surface area (Å²) in [6, 6.07) is 7.48. The Bertz CT molecular complexity index is 651. The Labute approximate surface area is 137 Å². The van der Waals surface area contributed by atoms with Gasteiger partial charge in [0.2, 0.25) is 0 Å². The number of ether oxygens (including phenoxy) is 1. The van der Waals surface area contributed by atoms with E-state index in [1.54, 1.807) is 7.11 Å². The molecule has 2 aromatic rings. The van der Waals surface area contributed by atoms with E-state index < -0.39 is 0 Å². The Hall–Kier alpha value is -1.85. The maximum atomic E-state index is 12.5. The molecule has 2 rings (SSSR count). The first-order valence-electron chi connectivity index (χ1n) is 8.10. The van der Waals surface area contributed by atoms with E-state index in [-0.39, 0.29) is 24.5 Å². The smallest absolute Gasteiger partial charge is 0.251 e. The minimum Gasteiger partial charge on any atom is -0.394 e. The van der Waals surface area contributed by atoms with Gasteiger partial charge in [-0.05, 0) is 29.5 Å². The van der Waals surface area contributed by atoms with Gasteiger partial charge in [0.05, 0.1) is 19.3 Å². The third kappa shape index (κ3) is 4.12. The van der Waals surface area contributed by atoms with Crippen LogP contribution in [-0.2, 0) is 11.3 Å². The van der Waals surface area contributed by atoms with Crippen molar-refractivity contribution in [3.05, 3.63) is 36.0 Å². The molecule has 0 aliphatic rings. The molecule has 0 spiro atoms. The van der Waals surface area contributed by atoms with Gasteiger partial charge in [0.25, 0.3) is 5.91 Å². The topological polar surface area (TPSA) is 63.5 Å². The average molecular weight is 318 g/mol. The van der Waals surface area contributed by atoms with Gasteiger partial charge in [-0.25, -0.2) is 0 Å². The summed E-state index contributed by atoms with van der Waals surface area (Å²) in [7, 11) is 1.68. The minimum absolute atomic E-state index is 0.0484. The molecule has 2 N–H and O–H groups in total. The third-order valence-electron chi connectivity index (χ3n) is 4.42.